The van der Waals surface area contributed by atoms with Crippen molar-refractivity contribution in [2.24, 2.45) is 0 Å². The van der Waals surface area contributed by atoms with Crippen LogP contribution in [0.25, 0.3) is 0 Å². The minimum atomic E-state index is -3.52. The van der Waals surface area contributed by atoms with Crippen LogP contribution in [0.4, 0.5) is 0 Å². The van der Waals surface area contributed by atoms with Crippen LogP contribution in [-0.4, -0.2) is 26.5 Å². The molecule has 0 aliphatic rings. The SMILES string of the molecule is c1cc[c]([Pb]([c]2ccccc2)([n]2cccc2)[n]2cccc2)cc1. The number of hydrogen-bond acceptors (Lipinski definition) is 0. The van der Waals surface area contributed by atoms with Crippen molar-refractivity contribution in [2.45, 2.75) is 0 Å². The van der Waals surface area contributed by atoms with Crippen molar-refractivity contribution in [1.29, 1.82) is 0 Å². The summed E-state index contributed by atoms with van der Waals surface area (Å²) in [6.45, 7) is 0. The fraction of sp³-hybridized carbons (Fsp3) is 0. The summed E-state index contributed by atoms with van der Waals surface area (Å²) in [5, 5.41) is 0. The van der Waals surface area contributed by atoms with Crippen LogP contribution in [0.1, 0.15) is 0 Å². The molecule has 0 saturated carbocycles. The van der Waals surface area contributed by atoms with Gasteiger partial charge in [0.1, 0.15) is 0 Å². The van der Waals surface area contributed by atoms with Crippen LogP contribution in [-0.2, 0) is 0 Å². The molecule has 4 aromatic rings. The zero-order valence-corrected chi connectivity index (χ0v) is 16.7. The zero-order chi connectivity index (χ0) is 15.5. The van der Waals surface area contributed by atoms with E-state index in [1.54, 1.807) is 0 Å². The summed E-state index contributed by atoms with van der Waals surface area (Å²) in [6, 6.07) is 30.5. The van der Waals surface area contributed by atoms with Gasteiger partial charge in [-0.05, 0) is 0 Å². The third kappa shape index (κ3) is 2.37. The van der Waals surface area contributed by atoms with Gasteiger partial charge in [-0.25, -0.2) is 0 Å². The molecule has 0 aliphatic carbocycles. The fourth-order valence-corrected chi connectivity index (χ4v) is 20.1. The van der Waals surface area contributed by atoms with E-state index in [1.165, 1.54) is 6.25 Å². The summed E-state index contributed by atoms with van der Waals surface area (Å²) in [7, 11) is 0. The Morgan fingerprint density at radius 2 is 0.783 bits per heavy atom. The van der Waals surface area contributed by atoms with E-state index in [0.29, 0.717) is 0 Å². The van der Waals surface area contributed by atoms with Crippen molar-refractivity contribution >= 4 is 28.0 Å². The number of hydrogen-bond donors (Lipinski definition) is 0. The minimum absolute atomic E-state index is 1.44. The van der Waals surface area contributed by atoms with Crippen LogP contribution in [0.2, 0.25) is 0 Å². The van der Waals surface area contributed by atoms with Gasteiger partial charge in [0.15, 0.2) is 0 Å². The van der Waals surface area contributed by atoms with E-state index >= 15 is 0 Å². The normalized spacial score (nSPS) is 11.5. The first kappa shape index (κ1) is 14.5. The molecule has 2 aromatic heterocycles. The first-order valence-electron chi connectivity index (χ1n) is 7.80. The molecule has 0 fully saturated rings. The summed E-state index contributed by atoms with van der Waals surface area (Å²) in [6.07, 6.45) is 8.90. The van der Waals surface area contributed by atoms with Gasteiger partial charge in [0.25, 0.3) is 0 Å². The van der Waals surface area contributed by atoms with Crippen LogP contribution >= 0.6 is 0 Å². The van der Waals surface area contributed by atoms with E-state index < -0.39 is 21.8 Å². The second-order valence-corrected chi connectivity index (χ2v) is 19.3. The number of nitrogens with zero attached hydrogens (tertiary/aromatic N) is 2. The van der Waals surface area contributed by atoms with Crippen LogP contribution in [0.15, 0.2) is 110 Å². The first-order valence-corrected chi connectivity index (χ1v) is 15.2. The molecule has 3 heteroatoms. The summed E-state index contributed by atoms with van der Waals surface area (Å²) >= 11 is -3.52. The van der Waals surface area contributed by atoms with Gasteiger partial charge < -0.3 is 0 Å². The maximum atomic E-state index is 2.48. The van der Waals surface area contributed by atoms with E-state index in [-0.39, 0.29) is 0 Å². The summed E-state index contributed by atoms with van der Waals surface area (Å²) < 4.78 is 7.85. The Labute approximate surface area is 142 Å². The predicted molar refractivity (Wildman–Crippen MR) is 97.6 cm³/mol. The molecule has 0 bridgehead atoms. The van der Waals surface area contributed by atoms with Gasteiger partial charge in [-0.15, -0.1) is 0 Å². The molecule has 2 aromatic carbocycles. The van der Waals surface area contributed by atoms with Gasteiger partial charge in [0, 0.05) is 0 Å². The molecule has 0 N–H and O–H groups in total. The molecule has 0 amide bonds. The zero-order valence-electron chi connectivity index (χ0n) is 12.8. The van der Waals surface area contributed by atoms with Crippen molar-refractivity contribution in [3.05, 3.63) is 110 Å². The summed E-state index contributed by atoms with van der Waals surface area (Å²) in [5.74, 6) is 0. The molecular formula is C20H18N2Pb. The molecule has 0 atom stereocenters. The summed E-state index contributed by atoms with van der Waals surface area (Å²) in [5.41, 5.74) is 0. The van der Waals surface area contributed by atoms with Gasteiger partial charge in [0.05, 0.1) is 0 Å². The van der Waals surface area contributed by atoms with Crippen molar-refractivity contribution in [3.63, 3.8) is 0 Å². The first-order chi connectivity index (χ1) is 11.4. The number of aromatic nitrogens is 2. The molecule has 0 aliphatic heterocycles. The van der Waals surface area contributed by atoms with Crippen LogP contribution < -0.4 is 6.25 Å². The van der Waals surface area contributed by atoms with Crippen LogP contribution in [0.5, 0.6) is 0 Å². The molecule has 4 rings (SSSR count). The van der Waals surface area contributed by atoms with Crippen molar-refractivity contribution in [3.8, 4) is 0 Å². The Balaban J connectivity index is 2.11. The number of rotatable bonds is 4. The van der Waals surface area contributed by atoms with E-state index in [2.05, 4.69) is 114 Å². The van der Waals surface area contributed by atoms with Gasteiger partial charge in [-0.3, -0.25) is 0 Å². The maximum absolute atomic E-state index is 3.52. The Morgan fingerprint density at radius 1 is 0.435 bits per heavy atom. The van der Waals surface area contributed by atoms with Crippen molar-refractivity contribution in [1.82, 2.24) is 4.75 Å². The Morgan fingerprint density at radius 3 is 1.13 bits per heavy atom. The van der Waals surface area contributed by atoms with Crippen LogP contribution in [0.3, 0.4) is 0 Å². The molecular weight excluding hydrogens is 475 g/mol. The molecule has 2 nitrogen and oxygen atoms in total. The fourth-order valence-electron chi connectivity index (χ4n) is 3.34. The molecule has 0 saturated heterocycles. The average Bonchev–Trinajstić information content (AvgIpc) is 3.32. The molecule has 0 radical (unpaired) electrons. The van der Waals surface area contributed by atoms with E-state index in [0.717, 1.165) is 0 Å². The quantitative estimate of drug-likeness (QED) is 0.387. The van der Waals surface area contributed by atoms with Gasteiger partial charge in [-0.1, -0.05) is 0 Å². The predicted octanol–water partition coefficient (Wildman–Crippen LogP) is 2.94. The summed E-state index contributed by atoms with van der Waals surface area (Å²) in [4.78, 5) is 0. The molecule has 23 heavy (non-hydrogen) atoms. The third-order valence-electron chi connectivity index (χ3n) is 4.31. The molecule has 0 unspecified atom stereocenters. The van der Waals surface area contributed by atoms with Gasteiger partial charge >= 0.3 is 142 Å². The van der Waals surface area contributed by atoms with Crippen LogP contribution in [0, 0.1) is 0 Å². The molecule has 112 valence electrons. The van der Waals surface area contributed by atoms with Gasteiger partial charge in [0.2, 0.25) is 0 Å². The molecule has 2 heterocycles. The molecule has 0 spiro atoms. The average molecular weight is 494 g/mol. The van der Waals surface area contributed by atoms with Crippen molar-refractivity contribution < 1.29 is 0 Å². The van der Waals surface area contributed by atoms with Crippen molar-refractivity contribution in [2.75, 3.05) is 0 Å². The van der Waals surface area contributed by atoms with Gasteiger partial charge in [-0.2, -0.15) is 0 Å². The second kappa shape index (κ2) is 6.20. The standard InChI is InChI=1S/2C6H5.2C4H4N.Pb/c2*1-2-4-6-5-3-1;2*1-2-4-5-3-1;/h2*1-5H;2*1-4H;/q;;2*-1;+2. The Kier molecular flexibility index (Phi) is 3.91. The second-order valence-electron chi connectivity index (χ2n) is 5.58. The Bertz CT molecular complexity index is 775. The van der Waals surface area contributed by atoms with E-state index in [4.69, 9.17) is 0 Å². The monoisotopic (exact) mass is 494 g/mol. The van der Waals surface area contributed by atoms with E-state index in [9.17, 15) is 0 Å². The van der Waals surface area contributed by atoms with E-state index in [1.807, 2.05) is 0 Å². The number of benzene rings is 2. The third-order valence-corrected chi connectivity index (χ3v) is 21.3. The Hall–Kier alpha value is -2.08. The topological polar surface area (TPSA) is 9.86 Å².